The fraction of sp³-hybridized carbons (Fsp3) is 0.476. The summed E-state index contributed by atoms with van der Waals surface area (Å²) in [6, 6.07) is 5.20. The van der Waals surface area contributed by atoms with E-state index < -0.39 is 0 Å². The molecule has 1 atom stereocenters. The van der Waals surface area contributed by atoms with Crippen LogP contribution in [0, 0.1) is 5.92 Å². The summed E-state index contributed by atoms with van der Waals surface area (Å²) < 4.78 is 11.0. The molecule has 1 unspecified atom stereocenters. The highest BCUT2D eigenvalue weighted by Gasteiger charge is 2.38. The van der Waals surface area contributed by atoms with Crippen LogP contribution in [0.1, 0.15) is 43.5 Å². The fourth-order valence-electron chi connectivity index (χ4n) is 3.86. The van der Waals surface area contributed by atoms with E-state index in [-0.39, 0.29) is 30.1 Å². The Morgan fingerprint density at radius 3 is 2.86 bits per heavy atom. The van der Waals surface area contributed by atoms with Gasteiger partial charge in [0.1, 0.15) is 17.2 Å². The lowest BCUT2D eigenvalue weighted by molar-refractivity contribution is -0.136. The van der Waals surface area contributed by atoms with Gasteiger partial charge >= 0.3 is 0 Å². The minimum atomic E-state index is -0.374. The molecule has 1 fully saturated rings. The minimum Gasteiger partial charge on any atom is -0.495 e. The van der Waals surface area contributed by atoms with Crippen molar-refractivity contribution in [2.24, 2.45) is 5.92 Å². The first kappa shape index (κ1) is 19.8. The molecule has 1 aromatic heterocycles. The van der Waals surface area contributed by atoms with Crippen LogP contribution in [-0.4, -0.2) is 41.9 Å². The molecule has 7 nitrogen and oxygen atoms in total. The standard InChI is InChI=1S/C21H24ClN3O4/c1-12(2)20-23-16-11-24(7-6-18(16)29-20)21(27)13-8-19(26)25(10-13)14-4-5-17(28-3)15(22)9-14/h4-5,9,12-13H,6-8,10-11H2,1-3H3. The Bertz CT molecular complexity index is 955. The first-order valence-electron chi connectivity index (χ1n) is 9.78. The molecule has 0 saturated carbocycles. The molecule has 29 heavy (non-hydrogen) atoms. The molecule has 2 aliphatic heterocycles. The largest absolute Gasteiger partial charge is 0.495 e. The molecular formula is C21H24ClN3O4. The van der Waals surface area contributed by atoms with Gasteiger partial charge in [0.05, 0.1) is 24.6 Å². The molecule has 1 aromatic carbocycles. The summed E-state index contributed by atoms with van der Waals surface area (Å²) in [6.07, 6.45) is 0.848. The zero-order valence-corrected chi connectivity index (χ0v) is 17.5. The highest BCUT2D eigenvalue weighted by molar-refractivity contribution is 6.32. The Kier molecular flexibility index (Phi) is 5.25. The van der Waals surface area contributed by atoms with Crippen molar-refractivity contribution in [3.05, 3.63) is 40.6 Å². The molecule has 0 N–H and O–H groups in total. The molecule has 0 radical (unpaired) electrons. The van der Waals surface area contributed by atoms with E-state index in [0.29, 0.717) is 48.4 Å². The third-order valence-corrected chi connectivity index (χ3v) is 5.77. The first-order chi connectivity index (χ1) is 13.9. The van der Waals surface area contributed by atoms with Gasteiger partial charge in [-0.25, -0.2) is 4.98 Å². The van der Waals surface area contributed by atoms with Gasteiger partial charge in [-0.05, 0) is 18.2 Å². The van der Waals surface area contributed by atoms with Crippen LogP contribution in [0.5, 0.6) is 5.75 Å². The average Bonchev–Trinajstić information content (AvgIpc) is 3.30. The number of carbonyl (C=O) groups is 2. The van der Waals surface area contributed by atoms with Crippen molar-refractivity contribution in [1.82, 2.24) is 9.88 Å². The number of amides is 2. The third-order valence-electron chi connectivity index (χ3n) is 5.47. The topological polar surface area (TPSA) is 75.9 Å². The maximum atomic E-state index is 13.1. The SMILES string of the molecule is COc1ccc(N2CC(C(=O)N3CCc4oc(C(C)C)nc4C3)CC2=O)cc1Cl. The zero-order chi connectivity index (χ0) is 20.7. The maximum absolute atomic E-state index is 13.1. The van der Waals surface area contributed by atoms with Crippen LogP contribution in [0.4, 0.5) is 5.69 Å². The summed E-state index contributed by atoms with van der Waals surface area (Å²) in [5, 5.41) is 0.433. The van der Waals surface area contributed by atoms with E-state index in [1.165, 1.54) is 0 Å². The highest BCUT2D eigenvalue weighted by atomic mass is 35.5. The molecule has 0 spiro atoms. The lowest BCUT2D eigenvalue weighted by Crippen LogP contribution is -2.40. The summed E-state index contributed by atoms with van der Waals surface area (Å²) in [5.74, 6) is 1.87. The monoisotopic (exact) mass is 417 g/mol. The van der Waals surface area contributed by atoms with Crippen molar-refractivity contribution in [3.63, 3.8) is 0 Å². The van der Waals surface area contributed by atoms with E-state index in [0.717, 1.165) is 11.5 Å². The van der Waals surface area contributed by atoms with Crippen LogP contribution in [0.2, 0.25) is 5.02 Å². The van der Waals surface area contributed by atoms with Gasteiger partial charge in [0.15, 0.2) is 5.89 Å². The second-order valence-corrected chi connectivity index (χ2v) is 8.22. The molecule has 8 heteroatoms. The molecule has 1 saturated heterocycles. The summed E-state index contributed by atoms with van der Waals surface area (Å²) in [7, 11) is 1.54. The quantitative estimate of drug-likeness (QED) is 0.762. The summed E-state index contributed by atoms with van der Waals surface area (Å²) in [4.78, 5) is 33.6. The van der Waals surface area contributed by atoms with Gasteiger partial charge in [0.25, 0.3) is 0 Å². The van der Waals surface area contributed by atoms with Crippen LogP contribution in [0.15, 0.2) is 22.6 Å². The van der Waals surface area contributed by atoms with Crippen LogP contribution in [0.3, 0.4) is 0 Å². The summed E-state index contributed by atoms with van der Waals surface area (Å²) >= 11 is 6.19. The van der Waals surface area contributed by atoms with E-state index in [9.17, 15) is 9.59 Å². The van der Waals surface area contributed by atoms with E-state index in [4.69, 9.17) is 20.8 Å². The van der Waals surface area contributed by atoms with Crippen molar-refractivity contribution >= 4 is 29.1 Å². The number of benzene rings is 1. The molecule has 2 aromatic rings. The van der Waals surface area contributed by atoms with Gasteiger partial charge in [0, 0.05) is 37.5 Å². The van der Waals surface area contributed by atoms with Crippen molar-refractivity contribution < 1.29 is 18.7 Å². The number of halogens is 1. The van der Waals surface area contributed by atoms with Crippen molar-refractivity contribution in [2.45, 2.75) is 39.2 Å². The third kappa shape index (κ3) is 3.71. The predicted molar refractivity (Wildman–Crippen MR) is 108 cm³/mol. The molecule has 4 rings (SSSR count). The molecular weight excluding hydrogens is 394 g/mol. The van der Waals surface area contributed by atoms with E-state index >= 15 is 0 Å². The second-order valence-electron chi connectivity index (χ2n) is 7.81. The lowest BCUT2D eigenvalue weighted by Gasteiger charge is -2.27. The Labute approximate surface area is 174 Å². The van der Waals surface area contributed by atoms with Crippen LogP contribution >= 0.6 is 11.6 Å². The Morgan fingerprint density at radius 2 is 2.17 bits per heavy atom. The van der Waals surface area contributed by atoms with Gasteiger partial charge in [-0.2, -0.15) is 0 Å². The van der Waals surface area contributed by atoms with Crippen molar-refractivity contribution in [3.8, 4) is 5.75 Å². The maximum Gasteiger partial charge on any atom is 0.228 e. The van der Waals surface area contributed by atoms with Crippen LogP contribution in [0.25, 0.3) is 0 Å². The number of rotatable bonds is 4. The number of hydrogen-bond acceptors (Lipinski definition) is 5. The van der Waals surface area contributed by atoms with Crippen molar-refractivity contribution in [1.29, 1.82) is 0 Å². The van der Waals surface area contributed by atoms with Crippen LogP contribution < -0.4 is 9.64 Å². The Hall–Kier alpha value is -2.54. The number of aromatic nitrogens is 1. The average molecular weight is 418 g/mol. The Balaban J connectivity index is 1.46. The van der Waals surface area contributed by atoms with E-state index in [2.05, 4.69) is 4.98 Å². The highest BCUT2D eigenvalue weighted by Crippen LogP contribution is 2.33. The second kappa shape index (κ2) is 7.71. The lowest BCUT2D eigenvalue weighted by atomic mass is 10.0. The van der Waals surface area contributed by atoms with E-state index in [1.54, 1.807) is 35.1 Å². The number of anilines is 1. The summed E-state index contributed by atoms with van der Waals surface area (Å²) in [5.41, 5.74) is 1.51. The Morgan fingerprint density at radius 1 is 1.38 bits per heavy atom. The zero-order valence-electron chi connectivity index (χ0n) is 16.8. The smallest absolute Gasteiger partial charge is 0.228 e. The van der Waals surface area contributed by atoms with Gasteiger partial charge in [-0.3, -0.25) is 9.59 Å². The fourth-order valence-corrected chi connectivity index (χ4v) is 4.11. The predicted octanol–water partition coefficient (Wildman–Crippen LogP) is 3.40. The molecule has 0 aliphatic carbocycles. The van der Waals surface area contributed by atoms with Gasteiger partial charge in [-0.1, -0.05) is 25.4 Å². The number of ether oxygens (including phenoxy) is 1. The number of carbonyl (C=O) groups excluding carboxylic acids is 2. The number of methoxy groups -OCH3 is 1. The van der Waals surface area contributed by atoms with Gasteiger partial charge in [-0.15, -0.1) is 0 Å². The number of fused-ring (bicyclic) bond motifs is 1. The molecule has 2 amide bonds. The normalized spacial score (nSPS) is 19.1. The molecule has 0 bridgehead atoms. The molecule has 2 aliphatic rings. The molecule has 3 heterocycles. The van der Waals surface area contributed by atoms with Crippen molar-refractivity contribution in [2.75, 3.05) is 25.1 Å². The minimum absolute atomic E-state index is 0.0137. The van der Waals surface area contributed by atoms with Crippen LogP contribution in [-0.2, 0) is 22.6 Å². The number of oxazole rings is 1. The summed E-state index contributed by atoms with van der Waals surface area (Å²) in [6.45, 7) is 5.43. The van der Waals surface area contributed by atoms with Gasteiger partial charge < -0.3 is 19.0 Å². The first-order valence-corrected chi connectivity index (χ1v) is 10.2. The molecule has 154 valence electrons. The number of nitrogens with zero attached hydrogens (tertiary/aromatic N) is 3. The van der Waals surface area contributed by atoms with Gasteiger partial charge in [0.2, 0.25) is 11.8 Å². The number of hydrogen-bond donors (Lipinski definition) is 0. The van der Waals surface area contributed by atoms with E-state index in [1.807, 2.05) is 13.8 Å².